The maximum atomic E-state index is 12.7. The van der Waals surface area contributed by atoms with Gasteiger partial charge in [-0.15, -0.1) is 12.4 Å². The lowest BCUT2D eigenvalue weighted by molar-refractivity contribution is -0.122. The van der Waals surface area contributed by atoms with Crippen molar-refractivity contribution in [2.45, 2.75) is 38.1 Å². The summed E-state index contributed by atoms with van der Waals surface area (Å²) in [6.45, 7) is 1.95. The summed E-state index contributed by atoms with van der Waals surface area (Å²) in [5.41, 5.74) is 7.78. The topological polar surface area (TPSA) is 96.2 Å². The van der Waals surface area contributed by atoms with E-state index in [1.54, 1.807) is 24.3 Å². The van der Waals surface area contributed by atoms with E-state index in [0.717, 1.165) is 25.7 Å². The van der Waals surface area contributed by atoms with E-state index in [-0.39, 0.29) is 30.3 Å². The van der Waals surface area contributed by atoms with Crippen LogP contribution in [0.25, 0.3) is 0 Å². The van der Waals surface area contributed by atoms with Crippen molar-refractivity contribution < 1.29 is 9.59 Å². The molecule has 2 unspecified atom stereocenters. The van der Waals surface area contributed by atoms with Crippen LogP contribution in [0.5, 0.6) is 0 Å². The maximum Gasteiger partial charge on any atom is 0.323 e. The fourth-order valence-electron chi connectivity index (χ4n) is 3.51. The van der Waals surface area contributed by atoms with Crippen LogP contribution in [0.2, 0.25) is 0 Å². The Bertz CT molecular complexity index is 811. The molecule has 1 fully saturated rings. The second-order valence-corrected chi connectivity index (χ2v) is 7.32. The molecule has 2 atom stereocenters. The number of hydrogen-bond donors (Lipinski definition) is 4. The Hall–Kier alpha value is -2.57. The third-order valence-electron chi connectivity index (χ3n) is 4.99. The molecule has 2 aromatic carbocycles. The summed E-state index contributed by atoms with van der Waals surface area (Å²) in [5, 5.41) is 8.47. The molecule has 0 radical (unpaired) electrons. The number of carbonyl (C=O) groups is 2. The van der Waals surface area contributed by atoms with Crippen LogP contribution < -0.4 is 21.7 Å². The normalized spacial score (nSPS) is 21.1. The molecule has 28 heavy (non-hydrogen) atoms. The van der Waals surface area contributed by atoms with Crippen LogP contribution in [0.1, 0.15) is 32.6 Å². The van der Waals surface area contributed by atoms with Gasteiger partial charge in [0.25, 0.3) is 0 Å². The summed E-state index contributed by atoms with van der Waals surface area (Å²) in [4.78, 5) is 24.8. The minimum absolute atomic E-state index is 0. The third-order valence-corrected chi connectivity index (χ3v) is 4.99. The van der Waals surface area contributed by atoms with E-state index in [2.05, 4.69) is 16.0 Å². The number of nitrogens with one attached hydrogen (secondary N) is 3. The standard InChI is InChI=1S/C21H26N4O2.ClH/c1-21(22)13-6-5-12-18(21)19(26)23-16-10-7-11-17(14-16)25-20(27)24-15-8-3-2-4-9-15;/h2-4,7-11,14,18H,5-6,12-13,22H2,1H3,(H,23,26)(H2,24,25,27);1H. The van der Waals surface area contributed by atoms with Crippen LogP contribution in [0.3, 0.4) is 0 Å². The lowest BCUT2D eigenvalue weighted by atomic mass is 9.74. The highest BCUT2D eigenvalue weighted by molar-refractivity contribution is 6.00. The first-order valence-electron chi connectivity index (χ1n) is 9.27. The van der Waals surface area contributed by atoms with Gasteiger partial charge in [0.2, 0.25) is 5.91 Å². The maximum absolute atomic E-state index is 12.7. The molecular formula is C21H27ClN4O2. The van der Waals surface area contributed by atoms with Crippen molar-refractivity contribution in [3.8, 4) is 0 Å². The fraction of sp³-hybridized carbons (Fsp3) is 0.333. The highest BCUT2D eigenvalue weighted by Crippen LogP contribution is 2.32. The monoisotopic (exact) mass is 402 g/mol. The summed E-state index contributed by atoms with van der Waals surface area (Å²) in [5.74, 6) is -0.269. The molecule has 1 aliphatic rings. The molecule has 0 aromatic heterocycles. The number of nitrogens with two attached hydrogens (primary N) is 1. The number of halogens is 1. The zero-order valence-corrected chi connectivity index (χ0v) is 16.7. The number of amides is 3. The molecule has 0 saturated heterocycles. The lowest BCUT2D eigenvalue weighted by Gasteiger charge is -2.37. The molecule has 0 aliphatic heterocycles. The van der Waals surface area contributed by atoms with Crippen molar-refractivity contribution in [3.63, 3.8) is 0 Å². The first kappa shape index (κ1) is 21.7. The Labute approximate surface area is 171 Å². The average molecular weight is 403 g/mol. The second kappa shape index (κ2) is 9.57. The molecule has 3 rings (SSSR count). The van der Waals surface area contributed by atoms with Gasteiger partial charge in [0.15, 0.2) is 0 Å². The van der Waals surface area contributed by atoms with Gasteiger partial charge < -0.3 is 21.7 Å². The van der Waals surface area contributed by atoms with E-state index < -0.39 is 5.54 Å². The molecule has 0 bridgehead atoms. The van der Waals surface area contributed by atoms with Gasteiger partial charge in [-0.3, -0.25) is 4.79 Å². The van der Waals surface area contributed by atoms with Crippen molar-refractivity contribution in [2.24, 2.45) is 11.7 Å². The van der Waals surface area contributed by atoms with Crippen LogP contribution in [-0.4, -0.2) is 17.5 Å². The van der Waals surface area contributed by atoms with Crippen LogP contribution in [0.4, 0.5) is 21.9 Å². The summed E-state index contributed by atoms with van der Waals surface area (Å²) >= 11 is 0. The van der Waals surface area contributed by atoms with Gasteiger partial charge >= 0.3 is 6.03 Å². The minimum Gasteiger partial charge on any atom is -0.326 e. The van der Waals surface area contributed by atoms with Gasteiger partial charge in [0.05, 0.1) is 5.92 Å². The zero-order chi connectivity index (χ0) is 19.3. The Kier molecular flexibility index (Phi) is 7.43. The molecule has 0 heterocycles. The van der Waals surface area contributed by atoms with Crippen LogP contribution in [-0.2, 0) is 4.79 Å². The van der Waals surface area contributed by atoms with Crippen LogP contribution in [0.15, 0.2) is 54.6 Å². The molecule has 6 nitrogen and oxygen atoms in total. The summed E-state index contributed by atoms with van der Waals surface area (Å²) < 4.78 is 0. The predicted octanol–water partition coefficient (Wildman–Crippen LogP) is 4.60. The van der Waals surface area contributed by atoms with Crippen molar-refractivity contribution in [1.29, 1.82) is 0 Å². The Morgan fingerprint density at radius 1 is 0.929 bits per heavy atom. The fourth-order valence-corrected chi connectivity index (χ4v) is 3.51. The van der Waals surface area contributed by atoms with Crippen molar-refractivity contribution in [1.82, 2.24) is 0 Å². The van der Waals surface area contributed by atoms with E-state index in [9.17, 15) is 9.59 Å². The largest absolute Gasteiger partial charge is 0.326 e. The molecule has 2 aromatic rings. The van der Waals surface area contributed by atoms with Crippen LogP contribution in [0, 0.1) is 5.92 Å². The number of carbonyl (C=O) groups excluding carboxylic acids is 2. The number of rotatable bonds is 4. The van der Waals surface area contributed by atoms with Gasteiger partial charge in [-0.1, -0.05) is 37.1 Å². The van der Waals surface area contributed by atoms with E-state index in [1.165, 1.54) is 0 Å². The van der Waals surface area contributed by atoms with Gasteiger partial charge in [-0.25, -0.2) is 4.79 Å². The van der Waals surface area contributed by atoms with Crippen LogP contribution >= 0.6 is 12.4 Å². The average Bonchev–Trinajstić information content (AvgIpc) is 2.62. The molecule has 3 amide bonds. The summed E-state index contributed by atoms with van der Waals surface area (Å²) in [6, 6.07) is 16.0. The van der Waals surface area contributed by atoms with E-state index in [1.807, 2.05) is 37.3 Å². The highest BCUT2D eigenvalue weighted by Gasteiger charge is 2.37. The molecule has 5 N–H and O–H groups in total. The number of benzene rings is 2. The van der Waals surface area contributed by atoms with Gasteiger partial charge in [0, 0.05) is 22.6 Å². The Morgan fingerprint density at radius 2 is 1.54 bits per heavy atom. The molecule has 1 saturated carbocycles. The number of para-hydroxylation sites is 1. The van der Waals surface area contributed by atoms with Crippen molar-refractivity contribution in [2.75, 3.05) is 16.0 Å². The smallest absolute Gasteiger partial charge is 0.323 e. The molecule has 0 spiro atoms. The second-order valence-electron chi connectivity index (χ2n) is 7.32. The molecule has 1 aliphatic carbocycles. The molecule has 7 heteroatoms. The minimum atomic E-state index is -0.478. The predicted molar refractivity (Wildman–Crippen MR) is 116 cm³/mol. The number of hydrogen-bond acceptors (Lipinski definition) is 3. The van der Waals surface area contributed by atoms with Gasteiger partial charge in [0.1, 0.15) is 0 Å². The van der Waals surface area contributed by atoms with Crippen molar-refractivity contribution >= 4 is 41.4 Å². The highest BCUT2D eigenvalue weighted by atomic mass is 35.5. The zero-order valence-electron chi connectivity index (χ0n) is 15.9. The quantitative estimate of drug-likeness (QED) is 0.601. The molecule has 150 valence electrons. The number of urea groups is 1. The van der Waals surface area contributed by atoms with E-state index in [4.69, 9.17) is 5.73 Å². The third kappa shape index (κ3) is 5.71. The Morgan fingerprint density at radius 3 is 2.21 bits per heavy atom. The van der Waals surface area contributed by atoms with Crippen molar-refractivity contribution in [3.05, 3.63) is 54.6 Å². The van der Waals surface area contributed by atoms with Gasteiger partial charge in [-0.05, 0) is 50.1 Å². The SMILES string of the molecule is CC1(N)CCCCC1C(=O)Nc1cccc(NC(=O)Nc2ccccc2)c1.Cl. The summed E-state index contributed by atoms with van der Waals surface area (Å²) in [6.07, 6.45) is 3.74. The summed E-state index contributed by atoms with van der Waals surface area (Å²) in [7, 11) is 0. The van der Waals surface area contributed by atoms with E-state index >= 15 is 0 Å². The molecular weight excluding hydrogens is 376 g/mol. The first-order chi connectivity index (χ1) is 12.9. The van der Waals surface area contributed by atoms with E-state index in [0.29, 0.717) is 17.1 Å². The lowest BCUT2D eigenvalue weighted by Crippen LogP contribution is -2.51. The van der Waals surface area contributed by atoms with Gasteiger partial charge in [-0.2, -0.15) is 0 Å². The Balaban J connectivity index is 0.00000280. The number of anilines is 3. The first-order valence-corrected chi connectivity index (χ1v) is 9.27.